The second kappa shape index (κ2) is 6.21. The van der Waals surface area contributed by atoms with Gasteiger partial charge in [-0.3, -0.25) is 4.79 Å². The number of rotatable bonds is 4. The Kier molecular flexibility index (Phi) is 4.37. The van der Waals surface area contributed by atoms with Gasteiger partial charge in [0.2, 0.25) is 11.1 Å². The molecule has 0 N–H and O–H groups in total. The van der Waals surface area contributed by atoms with Gasteiger partial charge < -0.3 is 9.47 Å². The van der Waals surface area contributed by atoms with E-state index in [1.165, 1.54) is 11.8 Å². The zero-order chi connectivity index (χ0) is 15.4. The van der Waals surface area contributed by atoms with E-state index < -0.39 is 11.4 Å². The summed E-state index contributed by atoms with van der Waals surface area (Å²) < 4.78 is 11.3. The van der Waals surface area contributed by atoms with Crippen LogP contribution in [0.15, 0.2) is 35.3 Å². The van der Waals surface area contributed by atoms with Crippen molar-refractivity contribution >= 4 is 5.97 Å². The normalized spacial score (nSPS) is 10.2. The van der Waals surface area contributed by atoms with Crippen molar-refractivity contribution in [2.75, 3.05) is 14.2 Å². The first kappa shape index (κ1) is 14.8. The molecule has 0 unspecified atom stereocenters. The van der Waals surface area contributed by atoms with E-state index in [-0.39, 0.29) is 5.69 Å². The fraction of sp³-hybridized carbons (Fsp3) is 0.267. The molecule has 0 saturated heterocycles. The summed E-state index contributed by atoms with van der Waals surface area (Å²) in [5.41, 5.74) is 0.561. The SMILES string of the molecule is CCc1cn(-c2cccc(OC)c2)nc(C(=O)OC)c1=O. The Bertz CT molecular complexity index is 722. The highest BCUT2D eigenvalue weighted by atomic mass is 16.5. The minimum Gasteiger partial charge on any atom is -0.497 e. The van der Waals surface area contributed by atoms with E-state index in [1.54, 1.807) is 37.6 Å². The molecule has 0 atom stereocenters. The second-order valence-corrected chi connectivity index (χ2v) is 4.32. The third-order valence-electron chi connectivity index (χ3n) is 3.07. The topological polar surface area (TPSA) is 70.4 Å². The minimum absolute atomic E-state index is 0.223. The van der Waals surface area contributed by atoms with Crippen molar-refractivity contribution in [3.8, 4) is 11.4 Å². The monoisotopic (exact) mass is 288 g/mol. The number of methoxy groups -OCH3 is 2. The second-order valence-electron chi connectivity index (χ2n) is 4.32. The van der Waals surface area contributed by atoms with Gasteiger partial charge in [0, 0.05) is 17.8 Å². The van der Waals surface area contributed by atoms with Crippen molar-refractivity contribution in [2.24, 2.45) is 0 Å². The van der Waals surface area contributed by atoms with Gasteiger partial charge in [-0.2, -0.15) is 5.10 Å². The first-order valence-electron chi connectivity index (χ1n) is 6.46. The van der Waals surface area contributed by atoms with Crippen molar-refractivity contribution in [1.29, 1.82) is 0 Å². The van der Waals surface area contributed by atoms with E-state index in [0.29, 0.717) is 23.4 Å². The average Bonchev–Trinajstić information content (AvgIpc) is 2.54. The molecule has 0 aliphatic heterocycles. The number of hydrogen-bond donors (Lipinski definition) is 0. The highest BCUT2D eigenvalue weighted by Crippen LogP contribution is 2.15. The Labute approximate surface area is 121 Å². The molecule has 0 radical (unpaired) electrons. The molecule has 0 saturated carbocycles. The Morgan fingerprint density at radius 3 is 2.71 bits per heavy atom. The summed E-state index contributed by atoms with van der Waals surface area (Å²) in [6.45, 7) is 1.84. The fourth-order valence-electron chi connectivity index (χ4n) is 1.91. The first-order chi connectivity index (χ1) is 10.1. The zero-order valence-electron chi connectivity index (χ0n) is 12.1. The summed E-state index contributed by atoms with van der Waals surface area (Å²) >= 11 is 0. The standard InChI is InChI=1S/C15H16N2O4/c1-4-10-9-17(11-6-5-7-12(8-11)20-2)16-13(14(10)18)15(19)21-3/h5-9H,4H2,1-3H3. The molecule has 0 aliphatic rings. The maximum absolute atomic E-state index is 12.1. The Hall–Kier alpha value is -2.63. The van der Waals surface area contributed by atoms with Crippen molar-refractivity contribution in [2.45, 2.75) is 13.3 Å². The van der Waals surface area contributed by atoms with Gasteiger partial charge in [0.1, 0.15) is 5.75 Å². The minimum atomic E-state index is -0.744. The molecule has 0 amide bonds. The van der Waals surface area contributed by atoms with E-state index in [1.807, 2.05) is 6.92 Å². The number of ether oxygens (including phenoxy) is 2. The molecule has 1 aromatic heterocycles. The predicted molar refractivity (Wildman–Crippen MR) is 77.1 cm³/mol. The van der Waals surface area contributed by atoms with Gasteiger partial charge in [-0.1, -0.05) is 13.0 Å². The van der Waals surface area contributed by atoms with Gasteiger partial charge in [-0.25, -0.2) is 9.48 Å². The first-order valence-corrected chi connectivity index (χ1v) is 6.46. The molecule has 6 nitrogen and oxygen atoms in total. The lowest BCUT2D eigenvalue weighted by Crippen LogP contribution is -2.25. The highest BCUT2D eigenvalue weighted by Gasteiger charge is 2.17. The van der Waals surface area contributed by atoms with Crippen LogP contribution < -0.4 is 10.2 Å². The van der Waals surface area contributed by atoms with Gasteiger partial charge in [-0.05, 0) is 18.6 Å². The van der Waals surface area contributed by atoms with Crippen LogP contribution in [0.25, 0.3) is 5.69 Å². The largest absolute Gasteiger partial charge is 0.497 e. The number of carbonyl (C=O) groups is 1. The fourth-order valence-corrected chi connectivity index (χ4v) is 1.91. The maximum Gasteiger partial charge on any atom is 0.362 e. The lowest BCUT2D eigenvalue weighted by molar-refractivity contribution is 0.0590. The molecule has 1 heterocycles. The molecule has 2 rings (SSSR count). The third-order valence-corrected chi connectivity index (χ3v) is 3.07. The van der Waals surface area contributed by atoms with Gasteiger partial charge >= 0.3 is 5.97 Å². The molecule has 2 aromatic rings. The molecule has 6 heteroatoms. The molecule has 0 bridgehead atoms. The summed E-state index contributed by atoms with van der Waals surface area (Å²) in [6.07, 6.45) is 2.11. The van der Waals surface area contributed by atoms with E-state index >= 15 is 0 Å². The lowest BCUT2D eigenvalue weighted by atomic mass is 10.2. The molecule has 21 heavy (non-hydrogen) atoms. The van der Waals surface area contributed by atoms with Crippen LogP contribution in [0.4, 0.5) is 0 Å². The average molecular weight is 288 g/mol. The number of benzene rings is 1. The van der Waals surface area contributed by atoms with E-state index in [4.69, 9.17) is 4.74 Å². The number of aryl methyl sites for hydroxylation is 1. The molecule has 0 fully saturated rings. The van der Waals surface area contributed by atoms with Crippen molar-refractivity contribution in [3.63, 3.8) is 0 Å². The van der Waals surface area contributed by atoms with Crippen LogP contribution in [-0.2, 0) is 11.2 Å². The van der Waals surface area contributed by atoms with Gasteiger partial charge in [0.15, 0.2) is 0 Å². The van der Waals surface area contributed by atoms with Crippen LogP contribution in [0.3, 0.4) is 0 Å². The Balaban J connectivity index is 2.63. The predicted octanol–water partition coefficient (Wildman–Crippen LogP) is 1.59. The molecular weight excluding hydrogens is 272 g/mol. The summed E-state index contributed by atoms with van der Waals surface area (Å²) in [6, 6.07) is 7.17. The number of nitrogens with zero attached hydrogens (tertiary/aromatic N) is 2. The maximum atomic E-state index is 12.1. The van der Waals surface area contributed by atoms with E-state index in [9.17, 15) is 9.59 Å². The van der Waals surface area contributed by atoms with Crippen molar-refractivity contribution in [1.82, 2.24) is 9.78 Å². The van der Waals surface area contributed by atoms with Gasteiger partial charge in [0.05, 0.1) is 19.9 Å². The van der Waals surface area contributed by atoms with Crippen LogP contribution in [-0.4, -0.2) is 30.0 Å². The van der Waals surface area contributed by atoms with Crippen molar-refractivity contribution in [3.05, 3.63) is 51.9 Å². The highest BCUT2D eigenvalue weighted by molar-refractivity contribution is 5.87. The van der Waals surface area contributed by atoms with Gasteiger partial charge in [0.25, 0.3) is 0 Å². The summed E-state index contributed by atoms with van der Waals surface area (Å²) in [7, 11) is 2.78. The molecule has 0 aliphatic carbocycles. The van der Waals surface area contributed by atoms with Crippen molar-refractivity contribution < 1.29 is 14.3 Å². The Morgan fingerprint density at radius 2 is 2.10 bits per heavy atom. The van der Waals surface area contributed by atoms with Crippen LogP contribution in [0, 0.1) is 0 Å². The molecule has 1 aromatic carbocycles. The number of aromatic nitrogens is 2. The van der Waals surface area contributed by atoms with E-state index in [2.05, 4.69) is 9.84 Å². The number of esters is 1. The van der Waals surface area contributed by atoms with Crippen LogP contribution in [0.1, 0.15) is 23.0 Å². The molecular formula is C15H16N2O4. The number of hydrogen-bond acceptors (Lipinski definition) is 5. The third kappa shape index (κ3) is 2.94. The summed E-state index contributed by atoms with van der Waals surface area (Å²) in [5.74, 6) is -0.0855. The number of carbonyl (C=O) groups excluding carboxylic acids is 1. The smallest absolute Gasteiger partial charge is 0.362 e. The molecule has 0 spiro atoms. The zero-order valence-corrected chi connectivity index (χ0v) is 12.1. The molecule has 110 valence electrons. The Morgan fingerprint density at radius 1 is 1.33 bits per heavy atom. The van der Waals surface area contributed by atoms with Crippen LogP contribution >= 0.6 is 0 Å². The quantitative estimate of drug-likeness (QED) is 0.799. The van der Waals surface area contributed by atoms with Crippen LogP contribution in [0.2, 0.25) is 0 Å². The van der Waals surface area contributed by atoms with Gasteiger partial charge in [-0.15, -0.1) is 0 Å². The summed E-state index contributed by atoms with van der Waals surface area (Å²) in [5, 5.41) is 4.07. The van der Waals surface area contributed by atoms with Crippen LogP contribution in [0.5, 0.6) is 5.75 Å². The lowest BCUT2D eigenvalue weighted by Gasteiger charge is -2.10. The summed E-state index contributed by atoms with van der Waals surface area (Å²) in [4.78, 5) is 23.8. The van der Waals surface area contributed by atoms with E-state index in [0.717, 1.165) is 0 Å².